The molecule has 0 spiro atoms. The number of methoxy groups -OCH3 is 1. The van der Waals surface area contributed by atoms with Crippen LogP contribution < -0.4 is 21.1 Å². The highest BCUT2D eigenvalue weighted by atomic mass is 35.5. The lowest BCUT2D eigenvalue weighted by Gasteiger charge is -2.23. The van der Waals surface area contributed by atoms with E-state index in [-0.39, 0.29) is 11.9 Å². The molecule has 1 saturated heterocycles. The molecule has 180 valence electrons. The van der Waals surface area contributed by atoms with E-state index in [0.717, 1.165) is 53.8 Å². The van der Waals surface area contributed by atoms with Crippen molar-refractivity contribution in [3.8, 4) is 17.0 Å². The van der Waals surface area contributed by atoms with Crippen molar-refractivity contribution in [2.24, 2.45) is 0 Å². The molecular formula is C25H26ClN7O2. The van der Waals surface area contributed by atoms with Crippen LogP contribution >= 0.6 is 11.6 Å². The minimum absolute atomic E-state index is 0.216. The van der Waals surface area contributed by atoms with Crippen LogP contribution in [0.1, 0.15) is 34.8 Å². The van der Waals surface area contributed by atoms with Crippen molar-refractivity contribution in [2.75, 3.05) is 25.9 Å². The van der Waals surface area contributed by atoms with E-state index in [2.05, 4.69) is 20.6 Å². The standard InChI is InChI=1S/C25H26ClN7O2/c1-35-20-11-17(26)8-9-19(20)25(34)29-12-15-4-6-16(7-5-15)22-21-23(27)30-14-31-24(21)33(32-22)18-3-2-10-28-13-18/h4-9,11,14,18,28H,2-3,10,12-13H2,1H3,(H,29,34)(H2,27,30,31)/t18-/m1/s1. The number of carbonyl (C=O) groups is 1. The maximum atomic E-state index is 12.7. The Balaban J connectivity index is 1.37. The molecule has 1 amide bonds. The first-order valence-corrected chi connectivity index (χ1v) is 11.8. The number of amides is 1. The molecule has 1 aliphatic rings. The summed E-state index contributed by atoms with van der Waals surface area (Å²) in [5.74, 6) is 0.604. The second-order valence-corrected chi connectivity index (χ2v) is 8.91. The summed E-state index contributed by atoms with van der Waals surface area (Å²) in [5.41, 5.74) is 10.0. The molecule has 35 heavy (non-hydrogen) atoms. The summed E-state index contributed by atoms with van der Waals surface area (Å²) in [7, 11) is 1.51. The summed E-state index contributed by atoms with van der Waals surface area (Å²) in [4.78, 5) is 21.3. The van der Waals surface area contributed by atoms with Crippen LogP contribution in [-0.4, -0.2) is 45.9 Å². The number of rotatable bonds is 6. The Hall–Kier alpha value is -3.69. The van der Waals surface area contributed by atoms with Gasteiger partial charge < -0.3 is 21.1 Å². The lowest BCUT2D eigenvalue weighted by atomic mass is 10.1. The number of ether oxygens (including phenoxy) is 1. The molecule has 0 aliphatic carbocycles. The van der Waals surface area contributed by atoms with Gasteiger partial charge in [0, 0.05) is 23.7 Å². The average Bonchev–Trinajstić information content (AvgIpc) is 3.29. The van der Waals surface area contributed by atoms with Crippen LogP contribution in [0.15, 0.2) is 48.8 Å². The van der Waals surface area contributed by atoms with E-state index in [1.807, 2.05) is 28.9 Å². The highest BCUT2D eigenvalue weighted by molar-refractivity contribution is 6.30. The Bertz CT molecular complexity index is 1360. The van der Waals surface area contributed by atoms with E-state index in [0.29, 0.717) is 28.7 Å². The monoisotopic (exact) mass is 491 g/mol. The van der Waals surface area contributed by atoms with Crippen LogP contribution in [0.5, 0.6) is 5.75 Å². The van der Waals surface area contributed by atoms with Gasteiger partial charge in [-0.2, -0.15) is 5.10 Å². The number of halogens is 1. The fraction of sp³-hybridized carbons (Fsp3) is 0.280. The van der Waals surface area contributed by atoms with Crippen LogP contribution in [-0.2, 0) is 6.54 Å². The molecule has 1 aliphatic heterocycles. The maximum absolute atomic E-state index is 12.7. The van der Waals surface area contributed by atoms with Crippen molar-refractivity contribution in [3.05, 3.63) is 64.9 Å². The number of nitrogen functional groups attached to an aromatic ring is 1. The normalized spacial score (nSPS) is 15.8. The molecular weight excluding hydrogens is 466 g/mol. The van der Waals surface area contributed by atoms with Gasteiger partial charge >= 0.3 is 0 Å². The number of anilines is 1. The molecule has 3 heterocycles. The number of benzene rings is 2. The molecule has 0 unspecified atom stereocenters. The van der Waals surface area contributed by atoms with Crippen LogP contribution in [0.2, 0.25) is 5.02 Å². The highest BCUT2D eigenvalue weighted by Gasteiger charge is 2.23. The van der Waals surface area contributed by atoms with Gasteiger partial charge in [0.2, 0.25) is 0 Å². The van der Waals surface area contributed by atoms with Crippen molar-refractivity contribution in [2.45, 2.75) is 25.4 Å². The summed E-state index contributed by atoms with van der Waals surface area (Å²) in [6.45, 7) is 2.22. The summed E-state index contributed by atoms with van der Waals surface area (Å²) < 4.78 is 7.25. The van der Waals surface area contributed by atoms with Crippen molar-refractivity contribution >= 4 is 34.4 Å². The largest absolute Gasteiger partial charge is 0.496 e. The summed E-state index contributed by atoms with van der Waals surface area (Å²) in [6.07, 6.45) is 3.60. The Kier molecular flexibility index (Phi) is 6.52. The average molecular weight is 492 g/mol. The third-order valence-corrected chi connectivity index (χ3v) is 6.46. The van der Waals surface area contributed by atoms with Crippen LogP contribution in [0, 0.1) is 0 Å². The van der Waals surface area contributed by atoms with Crippen molar-refractivity contribution in [1.29, 1.82) is 0 Å². The molecule has 10 heteroatoms. The molecule has 0 bridgehead atoms. The fourth-order valence-electron chi connectivity index (χ4n) is 4.40. The van der Waals surface area contributed by atoms with Gasteiger partial charge in [0.05, 0.1) is 24.1 Å². The summed E-state index contributed by atoms with van der Waals surface area (Å²) >= 11 is 5.99. The van der Waals surface area contributed by atoms with Gasteiger partial charge in [-0.3, -0.25) is 4.79 Å². The minimum atomic E-state index is -0.238. The van der Waals surface area contributed by atoms with Crippen LogP contribution in [0.25, 0.3) is 22.3 Å². The molecule has 0 radical (unpaired) electrons. The Morgan fingerprint density at radius 1 is 1.26 bits per heavy atom. The number of piperidine rings is 1. The van der Waals surface area contributed by atoms with Gasteiger partial charge in [0.15, 0.2) is 5.65 Å². The lowest BCUT2D eigenvalue weighted by Crippen LogP contribution is -2.32. The van der Waals surface area contributed by atoms with Gasteiger partial charge in [0.25, 0.3) is 5.91 Å². The van der Waals surface area contributed by atoms with Gasteiger partial charge in [-0.05, 0) is 43.1 Å². The predicted molar refractivity (Wildman–Crippen MR) is 135 cm³/mol. The van der Waals surface area contributed by atoms with Crippen LogP contribution in [0.4, 0.5) is 5.82 Å². The second-order valence-electron chi connectivity index (χ2n) is 8.48. The van der Waals surface area contributed by atoms with Crippen molar-refractivity contribution < 1.29 is 9.53 Å². The SMILES string of the molecule is COc1cc(Cl)ccc1C(=O)NCc1ccc(-c2nn([C@@H]3CCCNC3)c3ncnc(N)c23)cc1. The number of nitrogens with two attached hydrogens (primary N) is 1. The third kappa shape index (κ3) is 4.65. The molecule has 2 aromatic heterocycles. The minimum Gasteiger partial charge on any atom is -0.496 e. The number of carbonyl (C=O) groups excluding carboxylic acids is 1. The zero-order valence-electron chi connectivity index (χ0n) is 19.3. The van der Waals surface area contributed by atoms with E-state index in [9.17, 15) is 4.79 Å². The topological polar surface area (TPSA) is 120 Å². The zero-order valence-corrected chi connectivity index (χ0v) is 20.0. The number of aromatic nitrogens is 4. The highest BCUT2D eigenvalue weighted by Crippen LogP contribution is 2.33. The van der Waals surface area contributed by atoms with E-state index in [1.54, 1.807) is 18.2 Å². The molecule has 1 fully saturated rings. The smallest absolute Gasteiger partial charge is 0.255 e. The van der Waals surface area contributed by atoms with E-state index in [1.165, 1.54) is 13.4 Å². The van der Waals surface area contributed by atoms with E-state index < -0.39 is 0 Å². The maximum Gasteiger partial charge on any atom is 0.255 e. The first kappa shape index (κ1) is 23.1. The van der Waals surface area contributed by atoms with Gasteiger partial charge in [-0.25, -0.2) is 14.6 Å². The summed E-state index contributed by atoms with van der Waals surface area (Å²) in [5, 5.41) is 12.5. The van der Waals surface area contributed by atoms with E-state index in [4.69, 9.17) is 27.2 Å². The number of nitrogens with one attached hydrogen (secondary N) is 2. The predicted octanol–water partition coefficient (Wildman–Crippen LogP) is 3.59. The van der Waals surface area contributed by atoms with Crippen LogP contribution in [0.3, 0.4) is 0 Å². The third-order valence-electron chi connectivity index (χ3n) is 6.22. The first-order chi connectivity index (χ1) is 17.0. The van der Waals surface area contributed by atoms with Gasteiger partial charge in [-0.1, -0.05) is 35.9 Å². The Morgan fingerprint density at radius 3 is 2.83 bits per heavy atom. The summed E-state index contributed by atoms with van der Waals surface area (Å²) in [6, 6.07) is 13.0. The fourth-order valence-corrected chi connectivity index (χ4v) is 4.57. The lowest BCUT2D eigenvalue weighted by molar-refractivity contribution is 0.0948. The molecule has 4 aromatic rings. The number of hydrogen-bond acceptors (Lipinski definition) is 7. The van der Waals surface area contributed by atoms with Gasteiger partial charge in [0.1, 0.15) is 23.6 Å². The molecule has 0 saturated carbocycles. The first-order valence-electron chi connectivity index (χ1n) is 11.5. The second kappa shape index (κ2) is 9.89. The van der Waals surface area contributed by atoms with E-state index >= 15 is 0 Å². The number of nitrogens with zero attached hydrogens (tertiary/aromatic N) is 4. The number of hydrogen-bond donors (Lipinski definition) is 3. The number of fused-ring (bicyclic) bond motifs is 1. The van der Waals surface area contributed by atoms with Gasteiger partial charge in [-0.15, -0.1) is 0 Å². The molecule has 1 atom stereocenters. The van der Waals surface area contributed by atoms with Crippen molar-refractivity contribution in [1.82, 2.24) is 30.4 Å². The quantitative estimate of drug-likeness (QED) is 0.377. The molecule has 2 aromatic carbocycles. The van der Waals surface area contributed by atoms with Crippen molar-refractivity contribution in [3.63, 3.8) is 0 Å². The molecule has 4 N–H and O–H groups in total. The Labute approximate surface area is 207 Å². The Morgan fingerprint density at radius 2 is 2.09 bits per heavy atom. The molecule has 9 nitrogen and oxygen atoms in total. The zero-order chi connectivity index (χ0) is 24.4. The molecule has 5 rings (SSSR count).